The molecule has 0 amide bonds. The number of hydrogen-bond acceptors (Lipinski definition) is 4. The SMILES string of the molecule is CCCCCCOC(=O)CCCCCCCN(CCO)CCCCCC. The zero-order valence-electron chi connectivity index (χ0n) is 17.6. The van der Waals surface area contributed by atoms with Crippen molar-refractivity contribution in [3.8, 4) is 0 Å². The number of nitrogens with zero attached hydrogens (tertiary/aromatic N) is 1. The Balaban J connectivity index is 3.47. The molecule has 0 fully saturated rings. The lowest BCUT2D eigenvalue weighted by Gasteiger charge is -2.21. The summed E-state index contributed by atoms with van der Waals surface area (Å²) in [7, 11) is 0. The second-order valence-electron chi connectivity index (χ2n) is 7.42. The zero-order valence-corrected chi connectivity index (χ0v) is 17.6. The largest absolute Gasteiger partial charge is 0.466 e. The van der Waals surface area contributed by atoms with E-state index in [0.29, 0.717) is 13.0 Å². The van der Waals surface area contributed by atoms with Crippen LogP contribution < -0.4 is 0 Å². The van der Waals surface area contributed by atoms with E-state index in [1.807, 2.05) is 0 Å². The Bertz CT molecular complexity index is 297. The summed E-state index contributed by atoms with van der Waals surface area (Å²) >= 11 is 0. The monoisotopic (exact) mass is 371 g/mol. The summed E-state index contributed by atoms with van der Waals surface area (Å²) in [4.78, 5) is 14.0. The first-order chi connectivity index (χ1) is 12.7. The molecule has 1 N–H and O–H groups in total. The molecule has 0 aliphatic heterocycles. The van der Waals surface area contributed by atoms with Gasteiger partial charge in [0.1, 0.15) is 0 Å². The lowest BCUT2D eigenvalue weighted by atomic mass is 10.1. The molecule has 0 aliphatic rings. The van der Waals surface area contributed by atoms with Gasteiger partial charge in [-0.1, -0.05) is 71.6 Å². The van der Waals surface area contributed by atoms with E-state index in [1.54, 1.807) is 0 Å². The molecule has 0 aromatic heterocycles. The van der Waals surface area contributed by atoms with Gasteiger partial charge in [0.15, 0.2) is 0 Å². The van der Waals surface area contributed by atoms with E-state index in [4.69, 9.17) is 4.74 Å². The molecule has 0 spiro atoms. The molecule has 0 aliphatic carbocycles. The molecule has 4 nitrogen and oxygen atoms in total. The lowest BCUT2D eigenvalue weighted by Crippen LogP contribution is -2.29. The van der Waals surface area contributed by atoms with Crippen LogP contribution in [0.4, 0.5) is 0 Å². The van der Waals surface area contributed by atoms with Crippen molar-refractivity contribution in [3.63, 3.8) is 0 Å². The molecule has 0 rings (SSSR count). The third-order valence-electron chi connectivity index (χ3n) is 4.86. The molecule has 0 saturated heterocycles. The number of carbonyl (C=O) groups is 1. The predicted octanol–water partition coefficient (Wildman–Crippen LogP) is 5.33. The van der Waals surface area contributed by atoms with E-state index < -0.39 is 0 Å². The Morgan fingerprint density at radius 3 is 1.88 bits per heavy atom. The van der Waals surface area contributed by atoms with Crippen molar-refractivity contribution in [1.29, 1.82) is 0 Å². The molecular formula is C22H45NO3. The molecule has 156 valence electrons. The number of hydrogen-bond donors (Lipinski definition) is 1. The number of aliphatic hydroxyl groups excluding tert-OH is 1. The van der Waals surface area contributed by atoms with Crippen LogP contribution in [0.5, 0.6) is 0 Å². The van der Waals surface area contributed by atoms with Gasteiger partial charge < -0.3 is 14.7 Å². The Labute approximate surface area is 162 Å². The van der Waals surface area contributed by atoms with Gasteiger partial charge in [-0.3, -0.25) is 4.79 Å². The van der Waals surface area contributed by atoms with Crippen LogP contribution in [-0.2, 0) is 9.53 Å². The summed E-state index contributed by atoms with van der Waals surface area (Å²) in [6.07, 6.45) is 16.0. The first kappa shape index (κ1) is 25.4. The van der Waals surface area contributed by atoms with Gasteiger partial charge in [0, 0.05) is 13.0 Å². The lowest BCUT2D eigenvalue weighted by molar-refractivity contribution is -0.143. The van der Waals surface area contributed by atoms with E-state index in [2.05, 4.69) is 18.7 Å². The minimum absolute atomic E-state index is 0.0253. The van der Waals surface area contributed by atoms with Crippen LogP contribution in [0, 0.1) is 0 Å². The predicted molar refractivity (Wildman–Crippen MR) is 110 cm³/mol. The summed E-state index contributed by atoms with van der Waals surface area (Å²) in [6, 6.07) is 0. The highest BCUT2D eigenvalue weighted by molar-refractivity contribution is 5.69. The first-order valence-electron chi connectivity index (χ1n) is 11.2. The summed E-state index contributed by atoms with van der Waals surface area (Å²) < 4.78 is 5.26. The Morgan fingerprint density at radius 2 is 1.27 bits per heavy atom. The molecule has 0 heterocycles. The molecule has 0 aromatic carbocycles. The third-order valence-corrected chi connectivity index (χ3v) is 4.86. The van der Waals surface area contributed by atoms with Crippen molar-refractivity contribution in [2.45, 2.75) is 104 Å². The van der Waals surface area contributed by atoms with Crippen LogP contribution >= 0.6 is 0 Å². The van der Waals surface area contributed by atoms with Crippen molar-refractivity contribution in [3.05, 3.63) is 0 Å². The number of carbonyl (C=O) groups excluding carboxylic acids is 1. The normalized spacial score (nSPS) is 11.2. The molecular weight excluding hydrogens is 326 g/mol. The van der Waals surface area contributed by atoms with E-state index >= 15 is 0 Å². The van der Waals surface area contributed by atoms with Gasteiger partial charge in [0.2, 0.25) is 0 Å². The van der Waals surface area contributed by atoms with Crippen molar-refractivity contribution >= 4 is 5.97 Å². The fourth-order valence-electron chi connectivity index (χ4n) is 3.16. The maximum absolute atomic E-state index is 11.6. The molecule has 0 atom stereocenters. The van der Waals surface area contributed by atoms with E-state index in [9.17, 15) is 9.90 Å². The van der Waals surface area contributed by atoms with Crippen LogP contribution in [-0.4, -0.2) is 48.8 Å². The van der Waals surface area contributed by atoms with Gasteiger partial charge in [0.25, 0.3) is 0 Å². The van der Waals surface area contributed by atoms with Crippen molar-refractivity contribution in [1.82, 2.24) is 4.90 Å². The summed E-state index contributed by atoms with van der Waals surface area (Å²) in [6.45, 7) is 8.28. The van der Waals surface area contributed by atoms with Crippen molar-refractivity contribution in [2.24, 2.45) is 0 Å². The summed E-state index contributed by atoms with van der Waals surface area (Å²) in [5.74, 6) is -0.0253. The summed E-state index contributed by atoms with van der Waals surface area (Å²) in [5.41, 5.74) is 0. The Hall–Kier alpha value is -0.610. The number of ether oxygens (including phenoxy) is 1. The zero-order chi connectivity index (χ0) is 19.3. The minimum Gasteiger partial charge on any atom is -0.466 e. The summed E-state index contributed by atoms with van der Waals surface area (Å²) in [5, 5.41) is 9.18. The van der Waals surface area contributed by atoms with Gasteiger partial charge in [-0.15, -0.1) is 0 Å². The molecule has 0 radical (unpaired) electrons. The average molecular weight is 372 g/mol. The van der Waals surface area contributed by atoms with Gasteiger partial charge >= 0.3 is 5.97 Å². The maximum Gasteiger partial charge on any atom is 0.305 e. The molecule has 0 saturated carbocycles. The fourth-order valence-corrected chi connectivity index (χ4v) is 3.16. The van der Waals surface area contributed by atoms with Crippen LogP contribution in [0.3, 0.4) is 0 Å². The van der Waals surface area contributed by atoms with E-state index in [-0.39, 0.29) is 12.6 Å². The third kappa shape index (κ3) is 18.2. The number of rotatable bonds is 20. The second-order valence-corrected chi connectivity index (χ2v) is 7.42. The van der Waals surface area contributed by atoms with Crippen LogP contribution in [0.1, 0.15) is 104 Å². The number of unbranched alkanes of at least 4 members (excludes halogenated alkanes) is 10. The second kappa shape index (κ2) is 20.7. The number of aliphatic hydroxyl groups is 1. The van der Waals surface area contributed by atoms with E-state index in [1.165, 1.54) is 57.8 Å². The Kier molecular flexibility index (Phi) is 20.2. The average Bonchev–Trinajstić information content (AvgIpc) is 2.64. The van der Waals surface area contributed by atoms with Gasteiger partial charge in [-0.05, 0) is 38.8 Å². The fraction of sp³-hybridized carbons (Fsp3) is 0.955. The topological polar surface area (TPSA) is 49.8 Å². The minimum atomic E-state index is -0.0253. The van der Waals surface area contributed by atoms with Gasteiger partial charge in [-0.25, -0.2) is 0 Å². The Morgan fingerprint density at radius 1 is 0.731 bits per heavy atom. The molecule has 0 aromatic rings. The highest BCUT2D eigenvalue weighted by Crippen LogP contribution is 2.09. The van der Waals surface area contributed by atoms with Gasteiger partial charge in [-0.2, -0.15) is 0 Å². The molecule has 4 heteroatoms. The van der Waals surface area contributed by atoms with Crippen molar-refractivity contribution < 1.29 is 14.6 Å². The van der Waals surface area contributed by atoms with Crippen molar-refractivity contribution in [2.75, 3.05) is 32.8 Å². The van der Waals surface area contributed by atoms with Crippen LogP contribution in [0.25, 0.3) is 0 Å². The highest BCUT2D eigenvalue weighted by atomic mass is 16.5. The highest BCUT2D eigenvalue weighted by Gasteiger charge is 2.05. The molecule has 0 unspecified atom stereocenters. The smallest absolute Gasteiger partial charge is 0.305 e. The molecule has 0 bridgehead atoms. The van der Waals surface area contributed by atoms with Crippen LogP contribution in [0.15, 0.2) is 0 Å². The van der Waals surface area contributed by atoms with E-state index in [0.717, 1.165) is 45.3 Å². The van der Waals surface area contributed by atoms with Gasteiger partial charge in [0.05, 0.1) is 13.2 Å². The first-order valence-corrected chi connectivity index (χ1v) is 11.2. The maximum atomic E-state index is 11.6. The standard InChI is InChI=1S/C22H45NO3/c1-3-5-7-13-17-23(19-20-24)18-14-11-9-10-12-16-22(25)26-21-15-8-6-4-2/h24H,3-21H2,1-2H3. The molecule has 26 heavy (non-hydrogen) atoms. The quantitative estimate of drug-likeness (QED) is 0.232. The number of esters is 1. The van der Waals surface area contributed by atoms with Crippen LogP contribution in [0.2, 0.25) is 0 Å².